The Morgan fingerprint density at radius 1 is 0.895 bits per heavy atom. The van der Waals surface area contributed by atoms with E-state index in [4.69, 9.17) is 0 Å². The topological polar surface area (TPSA) is 17.1 Å². The molecule has 2 aromatic carbocycles. The Morgan fingerprint density at radius 2 is 1.42 bits per heavy atom. The van der Waals surface area contributed by atoms with Gasteiger partial charge in [0.2, 0.25) is 0 Å². The van der Waals surface area contributed by atoms with Crippen molar-refractivity contribution in [2.45, 2.75) is 25.2 Å². The van der Waals surface area contributed by atoms with Gasteiger partial charge in [-0.2, -0.15) is 0 Å². The van der Waals surface area contributed by atoms with Crippen molar-refractivity contribution in [1.29, 1.82) is 0 Å². The molecule has 0 amide bonds. The van der Waals surface area contributed by atoms with Crippen molar-refractivity contribution in [3.8, 4) is 0 Å². The number of hydrogen-bond acceptors (Lipinski definition) is 1. The number of aldehydes is 1. The monoisotopic (exact) mass is 250 g/mol. The summed E-state index contributed by atoms with van der Waals surface area (Å²) < 4.78 is 0. The highest BCUT2D eigenvalue weighted by Crippen LogP contribution is 2.73. The summed E-state index contributed by atoms with van der Waals surface area (Å²) in [4.78, 5) is 11.9. The number of carbonyl (C=O) groups excluding carboxylic acids is 1. The van der Waals surface area contributed by atoms with Gasteiger partial charge in [-0.3, -0.25) is 0 Å². The third-order valence-corrected chi connectivity index (χ3v) is 4.73. The fourth-order valence-corrected chi connectivity index (χ4v) is 3.66. The van der Waals surface area contributed by atoms with Gasteiger partial charge in [0.05, 0.1) is 5.41 Å². The smallest absolute Gasteiger partial charge is 0.131 e. The van der Waals surface area contributed by atoms with Crippen molar-refractivity contribution in [3.63, 3.8) is 0 Å². The average Bonchev–Trinajstić information content (AvgIpc) is 2.98. The van der Waals surface area contributed by atoms with Gasteiger partial charge in [0, 0.05) is 5.92 Å². The van der Waals surface area contributed by atoms with Crippen molar-refractivity contribution in [2.75, 3.05) is 0 Å². The first kappa shape index (κ1) is 12.2. The summed E-state index contributed by atoms with van der Waals surface area (Å²) in [5.74, 6) is 0.265. The van der Waals surface area contributed by atoms with E-state index in [1.165, 1.54) is 5.56 Å². The Hall–Kier alpha value is -1.89. The number of benzene rings is 2. The quantitative estimate of drug-likeness (QED) is 0.754. The molecule has 2 aromatic rings. The highest BCUT2D eigenvalue weighted by atomic mass is 16.1. The van der Waals surface area contributed by atoms with Crippen molar-refractivity contribution in [3.05, 3.63) is 71.8 Å². The molecule has 1 aliphatic carbocycles. The second-order valence-electron chi connectivity index (χ2n) is 5.92. The Labute approximate surface area is 114 Å². The first-order chi connectivity index (χ1) is 9.14. The Bertz CT molecular complexity index is 586. The molecule has 0 aliphatic heterocycles. The van der Waals surface area contributed by atoms with E-state index in [1.54, 1.807) is 0 Å². The molecule has 19 heavy (non-hydrogen) atoms. The Morgan fingerprint density at radius 3 is 1.95 bits per heavy atom. The number of rotatable bonds is 3. The lowest BCUT2D eigenvalue weighted by Crippen LogP contribution is -2.16. The van der Waals surface area contributed by atoms with Crippen molar-refractivity contribution >= 4 is 6.29 Å². The minimum atomic E-state index is -0.379. The van der Waals surface area contributed by atoms with E-state index in [0.717, 1.165) is 11.8 Å². The van der Waals surface area contributed by atoms with Crippen LogP contribution in [0.3, 0.4) is 0 Å². The summed E-state index contributed by atoms with van der Waals surface area (Å²) in [5, 5.41) is 0. The molecule has 0 N–H and O–H groups in total. The first-order valence-electron chi connectivity index (χ1n) is 6.71. The summed E-state index contributed by atoms with van der Waals surface area (Å²) >= 11 is 0. The van der Waals surface area contributed by atoms with E-state index in [0.29, 0.717) is 0 Å². The molecule has 0 radical (unpaired) electrons. The highest BCUT2D eigenvalue weighted by molar-refractivity contribution is 5.80. The maximum absolute atomic E-state index is 11.9. The molecule has 96 valence electrons. The van der Waals surface area contributed by atoms with E-state index >= 15 is 0 Å². The molecule has 1 unspecified atom stereocenters. The lowest BCUT2D eigenvalue weighted by molar-refractivity contribution is -0.110. The summed E-state index contributed by atoms with van der Waals surface area (Å²) in [6.07, 6.45) is 1.15. The van der Waals surface area contributed by atoms with Crippen LogP contribution >= 0.6 is 0 Å². The zero-order chi connectivity index (χ0) is 13.5. The molecule has 0 aromatic heterocycles. The summed E-state index contributed by atoms with van der Waals surface area (Å²) in [6.45, 7) is 4.37. The van der Waals surface area contributed by atoms with Crippen LogP contribution in [0.15, 0.2) is 60.7 Å². The number of hydrogen-bond donors (Lipinski definition) is 0. The normalized spacial score (nSPS) is 27.8. The van der Waals surface area contributed by atoms with Gasteiger partial charge in [0.1, 0.15) is 6.29 Å². The predicted octanol–water partition coefficient (Wildman–Crippen LogP) is 3.95. The van der Waals surface area contributed by atoms with Crippen LogP contribution in [0.5, 0.6) is 0 Å². The van der Waals surface area contributed by atoms with E-state index in [-0.39, 0.29) is 16.7 Å². The molecule has 1 fully saturated rings. The lowest BCUT2D eigenvalue weighted by Gasteiger charge is -2.13. The molecular weight excluding hydrogens is 232 g/mol. The van der Waals surface area contributed by atoms with Gasteiger partial charge in [0.25, 0.3) is 0 Å². The number of carbonyl (C=O) groups is 1. The third kappa shape index (κ3) is 1.51. The van der Waals surface area contributed by atoms with E-state index in [1.807, 2.05) is 36.4 Å². The minimum Gasteiger partial charge on any atom is -0.302 e. The molecule has 1 saturated carbocycles. The fraction of sp³-hybridized carbons (Fsp3) is 0.278. The molecular formula is C18H18O. The summed E-state index contributed by atoms with van der Waals surface area (Å²) in [5.41, 5.74) is 1.97. The van der Waals surface area contributed by atoms with Crippen molar-refractivity contribution in [1.82, 2.24) is 0 Å². The van der Waals surface area contributed by atoms with Crippen LogP contribution in [0, 0.1) is 5.41 Å². The van der Waals surface area contributed by atoms with Crippen LogP contribution in [-0.2, 0) is 10.2 Å². The summed E-state index contributed by atoms with van der Waals surface area (Å²) in [6, 6.07) is 20.5. The van der Waals surface area contributed by atoms with Gasteiger partial charge < -0.3 is 4.79 Å². The van der Waals surface area contributed by atoms with E-state index in [9.17, 15) is 4.79 Å². The molecule has 3 rings (SSSR count). The van der Waals surface area contributed by atoms with Crippen molar-refractivity contribution in [2.24, 2.45) is 5.41 Å². The predicted molar refractivity (Wildman–Crippen MR) is 77.1 cm³/mol. The zero-order valence-corrected chi connectivity index (χ0v) is 11.3. The summed E-state index contributed by atoms with van der Waals surface area (Å²) in [7, 11) is 0. The van der Waals surface area contributed by atoms with E-state index in [2.05, 4.69) is 38.1 Å². The second-order valence-corrected chi connectivity index (χ2v) is 5.92. The standard InChI is InChI=1S/C18H18O/c1-17(2)16(14-9-5-3-6-10-14)18(17,13-19)15-11-7-4-8-12-15/h3-13,16H,1-2H3/t16-,18?/m0/s1. The van der Waals surface area contributed by atoms with E-state index < -0.39 is 0 Å². The van der Waals surface area contributed by atoms with Gasteiger partial charge in [-0.1, -0.05) is 74.5 Å². The van der Waals surface area contributed by atoms with Gasteiger partial charge in [-0.05, 0) is 16.5 Å². The van der Waals surface area contributed by atoms with Gasteiger partial charge in [-0.25, -0.2) is 0 Å². The lowest BCUT2D eigenvalue weighted by atomic mass is 9.89. The molecule has 0 saturated heterocycles. The SMILES string of the molecule is CC1(C)[C@H](c2ccccc2)C1(C=O)c1ccccc1. The van der Waals surface area contributed by atoms with Gasteiger partial charge in [-0.15, -0.1) is 0 Å². The molecule has 1 aliphatic rings. The minimum absolute atomic E-state index is 0.0303. The average molecular weight is 250 g/mol. The van der Waals surface area contributed by atoms with Crippen LogP contribution in [0.4, 0.5) is 0 Å². The Kier molecular flexibility index (Phi) is 2.60. The maximum Gasteiger partial charge on any atom is 0.131 e. The van der Waals surface area contributed by atoms with Crippen LogP contribution in [-0.4, -0.2) is 6.29 Å². The largest absolute Gasteiger partial charge is 0.302 e. The fourth-order valence-electron chi connectivity index (χ4n) is 3.66. The zero-order valence-electron chi connectivity index (χ0n) is 11.3. The van der Waals surface area contributed by atoms with Crippen LogP contribution < -0.4 is 0 Å². The van der Waals surface area contributed by atoms with Gasteiger partial charge >= 0.3 is 0 Å². The first-order valence-corrected chi connectivity index (χ1v) is 6.71. The maximum atomic E-state index is 11.9. The molecule has 0 bridgehead atoms. The van der Waals surface area contributed by atoms with Crippen LogP contribution in [0.2, 0.25) is 0 Å². The van der Waals surface area contributed by atoms with Crippen LogP contribution in [0.1, 0.15) is 30.9 Å². The van der Waals surface area contributed by atoms with Gasteiger partial charge in [0.15, 0.2) is 0 Å². The molecule has 2 atom stereocenters. The Balaban J connectivity index is 2.11. The third-order valence-electron chi connectivity index (χ3n) is 4.73. The molecule has 0 spiro atoms. The molecule has 1 heteroatoms. The van der Waals surface area contributed by atoms with Crippen LogP contribution in [0.25, 0.3) is 0 Å². The molecule has 0 heterocycles. The highest BCUT2D eigenvalue weighted by Gasteiger charge is 2.72. The van der Waals surface area contributed by atoms with Crippen molar-refractivity contribution < 1.29 is 4.79 Å². The molecule has 1 nitrogen and oxygen atoms in total. The second kappa shape index (κ2) is 4.06.